The predicted octanol–water partition coefficient (Wildman–Crippen LogP) is 2.43. The summed E-state index contributed by atoms with van der Waals surface area (Å²) in [6.07, 6.45) is 3.40. The fourth-order valence-electron chi connectivity index (χ4n) is 5.82. The number of hydrazone groups is 1. The van der Waals surface area contributed by atoms with Gasteiger partial charge in [0.1, 0.15) is 35.4 Å². The van der Waals surface area contributed by atoms with Gasteiger partial charge in [-0.2, -0.15) is 5.10 Å². The Kier molecular flexibility index (Phi) is 16.1. The van der Waals surface area contributed by atoms with Crippen LogP contribution in [0.3, 0.4) is 0 Å². The molecule has 1 unspecified atom stereocenters. The summed E-state index contributed by atoms with van der Waals surface area (Å²) in [7, 11) is -3.85. The molecule has 18 nitrogen and oxygen atoms in total. The zero-order valence-corrected chi connectivity index (χ0v) is 34.2. The number of fused-ring (bicyclic) bond motifs is 1. The average molecular weight is 848 g/mol. The number of primary sulfonamides is 1. The molecule has 1 atom stereocenters. The SMILES string of the molecule is CCN(CC)c1ccc2cc(C(=O)NCCNC(=O)COc3cc(OCC4CO4)ccc3/C=N/NC(=O)CCCCCNC(=O)c3ccc(S(N)(=O)=O)cc3)c(=O)oc2c1. The Bertz CT molecular complexity index is 2340. The summed E-state index contributed by atoms with van der Waals surface area (Å²) in [4.78, 5) is 64.9. The molecule has 0 saturated carbocycles. The molecule has 1 fully saturated rings. The maximum atomic E-state index is 12.8. The van der Waals surface area contributed by atoms with Gasteiger partial charge in [-0.15, -0.1) is 0 Å². The van der Waals surface area contributed by atoms with Gasteiger partial charge in [0, 0.05) is 73.5 Å². The number of carbonyl (C=O) groups excluding carboxylic acids is 4. The first-order valence-corrected chi connectivity index (χ1v) is 21.0. The van der Waals surface area contributed by atoms with Crippen LogP contribution in [0.25, 0.3) is 11.0 Å². The van der Waals surface area contributed by atoms with E-state index in [0.717, 1.165) is 18.8 Å². The third-order valence-electron chi connectivity index (χ3n) is 9.21. The number of rotatable bonds is 23. The minimum absolute atomic E-state index is 0.0159. The largest absolute Gasteiger partial charge is 0.491 e. The molecule has 0 bridgehead atoms. The van der Waals surface area contributed by atoms with Crippen LogP contribution in [0.5, 0.6) is 11.5 Å². The molecule has 3 aromatic carbocycles. The van der Waals surface area contributed by atoms with E-state index >= 15 is 0 Å². The van der Waals surface area contributed by atoms with Crippen LogP contribution in [-0.2, 0) is 24.3 Å². The van der Waals surface area contributed by atoms with Gasteiger partial charge in [-0.25, -0.2) is 23.8 Å². The van der Waals surface area contributed by atoms with Crippen molar-refractivity contribution in [1.82, 2.24) is 21.4 Å². The Labute approximate surface area is 346 Å². The third-order valence-corrected chi connectivity index (χ3v) is 10.1. The Morgan fingerprint density at radius 1 is 0.867 bits per heavy atom. The lowest BCUT2D eigenvalue weighted by molar-refractivity contribution is -0.123. The molecule has 1 aliphatic heterocycles. The maximum Gasteiger partial charge on any atom is 0.349 e. The maximum absolute atomic E-state index is 12.8. The number of hydrogen-bond acceptors (Lipinski definition) is 13. The van der Waals surface area contributed by atoms with E-state index < -0.39 is 27.5 Å². The zero-order chi connectivity index (χ0) is 43.1. The number of amides is 4. The fraction of sp³-hybridized carbons (Fsp3) is 0.366. The first-order chi connectivity index (χ1) is 28.8. The lowest BCUT2D eigenvalue weighted by Gasteiger charge is -2.21. The second-order valence-corrected chi connectivity index (χ2v) is 15.2. The van der Waals surface area contributed by atoms with Crippen molar-refractivity contribution in [3.63, 3.8) is 0 Å². The molecule has 6 N–H and O–H groups in total. The van der Waals surface area contributed by atoms with Crippen molar-refractivity contribution in [2.45, 2.75) is 50.5 Å². The molecule has 320 valence electrons. The van der Waals surface area contributed by atoms with E-state index in [0.29, 0.717) is 66.9 Å². The summed E-state index contributed by atoms with van der Waals surface area (Å²) in [5.41, 5.74) is 3.60. The molecule has 4 amide bonds. The molecule has 19 heteroatoms. The summed E-state index contributed by atoms with van der Waals surface area (Å²) < 4.78 is 45.0. The van der Waals surface area contributed by atoms with Crippen LogP contribution >= 0.6 is 0 Å². The van der Waals surface area contributed by atoms with Crippen molar-refractivity contribution in [2.24, 2.45) is 10.2 Å². The van der Waals surface area contributed by atoms with Gasteiger partial charge in [0.2, 0.25) is 15.9 Å². The van der Waals surface area contributed by atoms with E-state index in [1.54, 1.807) is 30.3 Å². The minimum Gasteiger partial charge on any atom is -0.491 e. The normalized spacial score (nSPS) is 13.4. The van der Waals surface area contributed by atoms with Gasteiger partial charge in [-0.3, -0.25) is 19.2 Å². The molecule has 5 rings (SSSR count). The summed E-state index contributed by atoms with van der Waals surface area (Å²) in [5, 5.41) is 17.8. The predicted molar refractivity (Wildman–Crippen MR) is 223 cm³/mol. The molecular weight excluding hydrogens is 799 g/mol. The van der Waals surface area contributed by atoms with Crippen molar-refractivity contribution in [3.8, 4) is 11.5 Å². The lowest BCUT2D eigenvalue weighted by Crippen LogP contribution is -2.37. The van der Waals surface area contributed by atoms with E-state index in [1.165, 1.54) is 36.5 Å². The van der Waals surface area contributed by atoms with Crippen molar-refractivity contribution in [1.29, 1.82) is 0 Å². The second-order valence-electron chi connectivity index (χ2n) is 13.6. The number of unbranched alkanes of at least 4 members (excludes halogenated alkanes) is 2. The number of benzene rings is 3. The third kappa shape index (κ3) is 13.6. The van der Waals surface area contributed by atoms with Gasteiger partial charge in [0.05, 0.1) is 17.7 Å². The summed E-state index contributed by atoms with van der Waals surface area (Å²) in [5.74, 6) is -1.06. The topological polar surface area (TPSA) is 253 Å². The van der Waals surface area contributed by atoms with Crippen LogP contribution in [0.1, 0.15) is 65.8 Å². The molecule has 60 heavy (non-hydrogen) atoms. The van der Waals surface area contributed by atoms with Crippen molar-refractivity contribution in [3.05, 3.63) is 93.8 Å². The summed E-state index contributed by atoms with van der Waals surface area (Å²) in [6.45, 7) is 6.67. The number of carbonyl (C=O) groups is 4. The number of nitrogens with two attached hydrogens (primary N) is 1. The quantitative estimate of drug-likeness (QED) is 0.0237. The number of sulfonamides is 1. The minimum atomic E-state index is -3.85. The fourth-order valence-corrected chi connectivity index (χ4v) is 6.33. The van der Waals surface area contributed by atoms with Crippen LogP contribution in [0.15, 0.2) is 85.9 Å². The Balaban J connectivity index is 1.03. The highest BCUT2D eigenvalue weighted by Crippen LogP contribution is 2.25. The highest BCUT2D eigenvalue weighted by molar-refractivity contribution is 7.89. The molecule has 1 saturated heterocycles. The molecule has 1 aliphatic rings. The second kappa shape index (κ2) is 21.6. The van der Waals surface area contributed by atoms with Crippen LogP contribution in [0.4, 0.5) is 5.69 Å². The smallest absolute Gasteiger partial charge is 0.349 e. The highest BCUT2D eigenvalue weighted by atomic mass is 32.2. The first-order valence-electron chi connectivity index (χ1n) is 19.5. The summed E-state index contributed by atoms with van der Waals surface area (Å²) in [6, 6.07) is 17.2. The lowest BCUT2D eigenvalue weighted by atomic mass is 10.1. The van der Waals surface area contributed by atoms with Crippen LogP contribution in [0, 0.1) is 0 Å². The summed E-state index contributed by atoms with van der Waals surface area (Å²) >= 11 is 0. The molecule has 2 heterocycles. The molecular formula is C41H49N7O11S. The van der Waals surface area contributed by atoms with Crippen LogP contribution < -0.4 is 46.5 Å². The molecule has 0 aliphatic carbocycles. The van der Waals surface area contributed by atoms with E-state index in [2.05, 4.69) is 31.4 Å². The van der Waals surface area contributed by atoms with E-state index in [9.17, 15) is 32.4 Å². The van der Waals surface area contributed by atoms with Gasteiger partial charge in [-0.1, -0.05) is 6.42 Å². The van der Waals surface area contributed by atoms with E-state index in [4.69, 9.17) is 23.8 Å². The van der Waals surface area contributed by atoms with E-state index in [1.807, 2.05) is 19.9 Å². The molecule has 4 aromatic rings. The standard InChI is InChI=1S/C41H49N7O11S/c1-3-48(4-2)30-13-9-28-20-34(41(53)59-36(28)21-30)40(52)45-19-18-43-38(50)26-58-35-22-31(56-24-32-25-57-32)14-10-29(35)23-46-47-37(49)8-6-5-7-17-44-39(51)27-11-15-33(16-12-27)60(42,54)55/h9-16,20-23,32H,3-8,17-19,24-26H2,1-2H3,(H,43,50)(H,44,51)(H,45,52)(H,47,49)(H2,42,54,55)/b46-23+. The van der Waals surface area contributed by atoms with Crippen molar-refractivity contribution >= 4 is 56.5 Å². The monoisotopic (exact) mass is 847 g/mol. The van der Waals surface area contributed by atoms with Gasteiger partial charge in [-0.05, 0) is 81.3 Å². The van der Waals surface area contributed by atoms with Gasteiger partial charge >= 0.3 is 5.63 Å². The Morgan fingerprint density at radius 3 is 2.32 bits per heavy atom. The number of epoxide rings is 1. The van der Waals surface area contributed by atoms with Gasteiger partial charge < -0.3 is 39.5 Å². The average Bonchev–Trinajstić information content (AvgIpc) is 4.07. The first kappa shape index (κ1) is 44.8. The van der Waals surface area contributed by atoms with Crippen LogP contribution in [0.2, 0.25) is 0 Å². The molecule has 1 aromatic heterocycles. The number of nitrogens with zero attached hydrogens (tertiary/aromatic N) is 2. The Hall–Kier alpha value is -6.31. The zero-order valence-electron chi connectivity index (χ0n) is 33.4. The van der Waals surface area contributed by atoms with E-state index in [-0.39, 0.29) is 60.2 Å². The Morgan fingerprint density at radius 2 is 1.60 bits per heavy atom. The number of hydrogen-bond donors (Lipinski definition) is 5. The number of anilines is 1. The highest BCUT2D eigenvalue weighted by Gasteiger charge is 2.23. The molecule has 0 spiro atoms. The van der Waals surface area contributed by atoms with Gasteiger partial charge in [0.15, 0.2) is 6.61 Å². The molecule has 0 radical (unpaired) electrons. The van der Waals surface area contributed by atoms with Crippen molar-refractivity contribution in [2.75, 3.05) is 57.4 Å². The van der Waals surface area contributed by atoms with Crippen LogP contribution in [-0.4, -0.2) is 96.9 Å². The van der Waals surface area contributed by atoms with Crippen molar-refractivity contribution < 1.29 is 46.2 Å². The van der Waals surface area contributed by atoms with Gasteiger partial charge in [0.25, 0.3) is 17.7 Å². The number of ether oxygens (including phenoxy) is 3. The number of nitrogens with one attached hydrogen (secondary N) is 4.